The Morgan fingerprint density at radius 1 is 1.16 bits per heavy atom. The molecule has 0 atom stereocenters. The van der Waals surface area contributed by atoms with Crippen molar-refractivity contribution in [3.05, 3.63) is 58.9 Å². The molecule has 1 heterocycles. The second-order valence-corrected chi connectivity index (χ2v) is 7.75. The van der Waals surface area contributed by atoms with Gasteiger partial charge < -0.3 is 9.30 Å². The summed E-state index contributed by atoms with van der Waals surface area (Å²) < 4.78 is 63.1. The lowest BCUT2D eigenvalue weighted by Gasteiger charge is -2.05. The Morgan fingerprint density at radius 2 is 1.88 bits per heavy atom. The van der Waals surface area contributed by atoms with Crippen LogP contribution in [0.2, 0.25) is 0 Å². The van der Waals surface area contributed by atoms with Crippen LogP contribution in [0, 0.1) is 11.6 Å². The van der Waals surface area contributed by atoms with E-state index in [9.17, 15) is 17.2 Å². The summed E-state index contributed by atoms with van der Waals surface area (Å²) in [6.45, 7) is 0.513. The fraction of sp³-hybridized carbons (Fsp3) is 0.188. The number of hydrogen-bond donors (Lipinski definition) is 0. The van der Waals surface area contributed by atoms with Crippen molar-refractivity contribution in [2.24, 2.45) is 4.40 Å². The Morgan fingerprint density at radius 3 is 2.56 bits per heavy atom. The first-order chi connectivity index (χ1) is 11.9. The maximum absolute atomic E-state index is 14.2. The minimum absolute atomic E-state index is 0.126. The molecule has 5 nitrogen and oxygen atoms in total. The predicted molar refractivity (Wildman–Crippen MR) is 90.8 cm³/mol. The number of methoxy groups -OCH3 is 1. The van der Waals surface area contributed by atoms with Crippen LogP contribution in [0.5, 0.6) is 0 Å². The number of sulfonamides is 1. The van der Waals surface area contributed by atoms with Gasteiger partial charge in [0, 0.05) is 13.7 Å². The summed E-state index contributed by atoms with van der Waals surface area (Å²) in [6, 6.07) is 8.92. The first-order valence-corrected chi connectivity index (χ1v) is 9.51. The number of nitrogens with zero attached hydrogens (tertiary/aromatic N) is 2. The lowest BCUT2D eigenvalue weighted by molar-refractivity contribution is 0.187. The maximum atomic E-state index is 14.2. The second kappa shape index (κ2) is 7.03. The molecule has 132 valence electrons. The van der Waals surface area contributed by atoms with Crippen molar-refractivity contribution in [3.8, 4) is 0 Å². The van der Waals surface area contributed by atoms with Crippen molar-refractivity contribution < 1.29 is 21.9 Å². The summed E-state index contributed by atoms with van der Waals surface area (Å²) in [4.78, 5) is -0.00778. The number of rotatable bonds is 5. The zero-order valence-corrected chi connectivity index (χ0v) is 14.8. The van der Waals surface area contributed by atoms with Crippen molar-refractivity contribution >= 4 is 31.6 Å². The molecular weight excluding hydrogens is 370 g/mol. The monoisotopic (exact) mass is 384 g/mol. The summed E-state index contributed by atoms with van der Waals surface area (Å²) in [6.07, 6.45) is 0. The van der Waals surface area contributed by atoms with Crippen LogP contribution in [-0.4, -0.2) is 26.7 Å². The molecule has 0 aliphatic rings. The number of ether oxygens (including phenoxy) is 1. The van der Waals surface area contributed by atoms with Crippen molar-refractivity contribution in [2.75, 3.05) is 13.7 Å². The number of para-hydroxylation sites is 1. The van der Waals surface area contributed by atoms with Crippen molar-refractivity contribution in [1.82, 2.24) is 4.57 Å². The molecule has 0 aliphatic heterocycles. The number of aromatic nitrogens is 1. The smallest absolute Gasteiger partial charge is 0.285 e. The number of halogens is 2. The molecule has 0 N–H and O–H groups in total. The normalized spacial score (nSPS) is 12.8. The Bertz CT molecular complexity index is 1070. The molecule has 2 aromatic carbocycles. The molecule has 3 rings (SSSR count). The highest BCUT2D eigenvalue weighted by atomic mass is 32.2. The fourth-order valence-electron chi connectivity index (χ4n) is 2.31. The summed E-state index contributed by atoms with van der Waals surface area (Å²) >= 11 is 1.06. The van der Waals surface area contributed by atoms with Crippen LogP contribution in [0.15, 0.2) is 51.8 Å². The van der Waals surface area contributed by atoms with Gasteiger partial charge in [0.1, 0.15) is 11.6 Å². The summed E-state index contributed by atoms with van der Waals surface area (Å²) in [5, 5.41) is 0. The summed E-state index contributed by atoms with van der Waals surface area (Å²) in [5.74, 6) is -1.01. The molecule has 0 fully saturated rings. The maximum Gasteiger partial charge on any atom is 0.285 e. The highest BCUT2D eigenvalue weighted by molar-refractivity contribution is 7.90. The molecule has 0 radical (unpaired) electrons. The SMILES string of the molecule is COCCn1/c(=N/S(=O)(=O)c2ccc(F)cc2)sc2cccc(F)c21. The average molecular weight is 384 g/mol. The van der Waals surface area contributed by atoms with Crippen LogP contribution in [0.1, 0.15) is 0 Å². The number of benzene rings is 2. The van der Waals surface area contributed by atoms with Gasteiger partial charge in [-0.15, -0.1) is 4.40 Å². The van der Waals surface area contributed by atoms with Crippen molar-refractivity contribution in [3.63, 3.8) is 0 Å². The van der Waals surface area contributed by atoms with Crippen molar-refractivity contribution in [1.29, 1.82) is 0 Å². The Kier molecular flexibility index (Phi) is 4.98. The molecule has 0 amide bonds. The third kappa shape index (κ3) is 3.63. The summed E-state index contributed by atoms with van der Waals surface area (Å²) in [5.41, 5.74) is 0.276. The Balaban J connectivity index is 2.21. The molecule has 0 bridgehead atoms. The van der Waals surface area contributed by atoms with Crippen LogP contribution >= 0.6 is 11.3 Å². The molecule has 0 saturated carbocycles. The standard InChI is InChI=1S/C16H14F2N2O3S2/c1-23-10-9-20-15-13(18)3-2-4-14(15)24-16(20)19-25(21,22)12-7-5-11(17)6-8-12/h2-8H,9-10H2,1H3/b19-16-. The Labute approximate surface area is 146 Å². The zero-order chi connectivity index (χ0) is 18.0. The van der Waals surface area contributed by atoms with Gasteiger partial charge >= 0.3 is 0 Å². The van der Waals surface area contributed by atoms with E-state index in [1.54, 1.807) is 12.1 Å². The van der Waals surface area contributed by atoms with Crippen LogP contribution in [0.25, 0.3) is 10.2 Å². The molecule has 3 aromatic rings. The van der Waals surface area contributed by atoms with Gasteiger partial charge in [-0.05, 0) is 36.4 Å². The minimum Gasteiger partial charge on any atom is -0.383 e. The molecule has 0 aliphatic carbocycles. The van der Waals surface area contributed by atoms with Gasteiger partial charge in [0.25, 0.3) is 10.0 Å². The van der Waals surface area contributed by atoms with E-state index < -0.39 is 21.7 Å². The molecule has 25 heavy (non-hydrogen) atoms. The zero-order valence-electron chi connectivity index (χ0n) is 13.1. The third-order valence-electron chi connectivity index (χ3n) is 3.48. The van der Waals surface area contributed by atoms with E-state index in [2.05, 4.69) is 4.40 Å². The second-order valence-electron chi connectivity index (χ2n) is 5.14. The number of hydrogen-bond acceptors (Lipinski definition) is 4. The highest BCUT2D eigenvalue weighted by Crippen LogP contribution is 2.21. The van der Waals surface area contributed by atoms with Gasteiger partial charge in [-0.25, -0.2) is 8.78 Å². The van der Waals surface area contributed by atoms with E-state index >= 15 is 0 Å². The van der Waals surface area contributed by atoms with Crippen LogP contribution in [0.3, 0.4) is 0 Å². The minimum atomic E-state index is -4.05. The van der Waals surface area contributed by atoms with Gasteiger partial charge in [0.15, 0.2) is 0 Å². The largest absolute Gasteiger partial charge is 0.383 e. The lowest BCUT2D eigenvalue weighted by atomic mass is 10.3. The van der Waals surface area contributed by atoms with Gasteiger partial charge in [-0.2, -0.15) is 8.42 Å². The van der Waals surface area contributed by atoms with Gasteiger partial charge in [0.2, 0.25) is 4.80 Å². The first-order valence-electron chi connectivity index (χ1n) is 7.26. The number of fused-ring (bicyclic) bond motifs is 1. The topological polar surface area (TPSA) is 60.7 Å². The van der Waals surface area contributed by atoms with Crippen LogP contribution in [0.4, 0.5) is 8.78 Å². The predicted octanol–water partition coefficient (Wildman–Crippen LogP) is 2.92. The number of thiazole rings is 1. The van der Waals surface area contributed by atoms with E-state index in [4.69, 9.17) is 4.74 Å². The molecule has 0 saturated heterocycles. The third-order valence-corrected chi connectivity index (χ3v) is 5.92. The first kappa shape index (κ1) is 17.7. The van der Waals surface area contributed by atoms with E-state index in [1.807, 2.05) is 0 Å². The van der Waals surface area contributed by atoms with Crippen molar-refractivity contribution in [2.45, 2.75) is 11.4 Å². The van der Waals surface area contributed by atoms with E-state index in [0.717, 1.165) is 35.6 Å². The fourth-order valence-corrected chi connectivity index (χ4v) is 4.58. The van der Waals surface area contributed by atoms with E-state index in [-0.39, 0.29) is 28.4 Å². The molecule has 0 spiro atoms. The highest BCUT2D eigenvalue weighted by Gasteiger charge is 2.16. The summed E-state index contributed by atoms with van der Waals surface area (Å²) in [7, 11) is -2.56. The van der Waals surface area contributed by atoms with E-state index in [1.165, 1.54) is 17.7 Å². The van der Waals surface area contributed by atoms with Gasteiger partial charge in [0.05, 0.1) is 21.7 Å². The van der Waals surface area contributed by atoms with Crippen LogP contribution in [-0.2, 0) is 21.3 Å². The molecular formula is C16H14F2N2O3S2. The van der Waals surface area contributed by atoms with Crippen LogP contribution < -0.4 is 4.80 Å². The molecule has 1 aromatic heterocycles. The average Bonchev–Trinajstić information content (AvgIpc) is 2.91. The molecule has 9 heteroatoms. The van der Waals surface area contributed by atoms with Gasteiger partial charge in [-0.3, -0.25) is 0 Å². The van der Waals surface area contributed by atoms with E-state index in [0.29, 0.717) is 4.70 Å². The quantitative estimate of drug-likeness (QED) is 0.680. The Hall–Kier alpha value is -2.10. The lowest BCUT2D eigenvalue weighted by Crippen LogP contribution is -2.20. The van der Waals surface area contributed by atoms with Gasteiger partial charge in [-0.1, -0.05) is 17.4 Å². The molecule has 0 unspecified atom stereocenters.